The van der Waals surface area contributed by atoms with Gasteiger partial charge in [-0.05, 0) is 43.9 Å². The molecule has 2 fully saturated rings. The number of rotatable bonds is 1. The van der Waals surface area contributed by atoms with Crippen molar-refractivity contribution >= 4 is 5.97 Å². The van der Waals surface area contributed by atoms with Crippen molar-refractivity contribution in [2.75, 3.05) is 7.11 Å². The molecule has 1 spiro atoms. The van der Waals surface area contributed by atoms with Crippen LogP contribution in [0, 0.1) is 11.3 Å². The van der Waals surface area contributed by atoms with Gasteiger partial charge in [-0.15, -0.1) is 0 Å². The van der Waals surface area contributed by atoms with Gasteiger partial charge in [0, 0.05) is 0 Å². The summed E-state index contributed by atoms with van der Waals surface area (Å²) in [6.07, 6.45) is 4.27. The number of carbonyl (C=O) groups is 1. The summed E-state index contributed by atoms with van der Waals surface area (Å²) < 4.78 is 10.6. The van der Waals surface area contributed by atoms with E-state index in [0.29, 0.717) is 5.41 Å². The molecule has 0 aromatic heterocycles. The summed E-state index contributed by atoms with van der Waals surface area (Å²) in [6.45, 7) is 8.75. The summed E-state index contributed by atoms with van der Waals surface area (Å²) in [5.41, 5.74) is -0.537. The van der Waals surface area contributed by atoms with Gasteiger partial charge < -0.3 is 9.47 Å². The van der Waals surface area contributed by atoms with Crippen LogP contribution in [0.25, 0.3) is 0 Å². The van der Waals surface area contributed by atoms with Crippen molar-refractivity contribution in [1.29, 1.82) is 0 Å². The predicted octanol–water partition coefficient (Wildman–Crippen LogP) is 2.92. The Morgan fingerprint density at radius 2 is 1.82 bits per heavy atom. The van der Waals surface area contributed by atoms with E-state index < -0.39 is 5.60 Å². The van der Waals surface area contributed by atoms with Crippen molar-refractivity contribution in [1.82, 2.24) is 0 Å². The van der Waals surface area contributed by atoms with Gasteiger partial charge in [0.1, 0.15) is 5.60 Å². The maximum atomic E-state index is 11.7. The lowest BCUT2D eigenvalue weighted by molar-refractivity contribution is -0.146. The highest BCUT2D eigenvalue weighted by Crippen LogP contribution is 2.59. The van der Waals surface area contributed by atoms with E-state index in [9.17, 15) is 4.79 Å². The third-order valence-electron chi connectivity index (χ3n) is 4.82. The van der Waals surface area contributed by atoms with Crippen molar-refractivity contribution in [3.63, 3.8) is 0 Å². The lowest BCUT2D eigenvalue weighted by Crippen LogP contribution is -2.37. The van der Waals surface area contributed by atoms with E-state index in [2.05, 4.69) is 20.8 Å². The Morgan fingerprint density at radius 3 is 2.24 bits per heavy atom. The van der Waals surface area contributed by atoms with E-state index in [1.54, 1.807) is 0 Å². The molecule has 2 rings (SSSR count). The molecule has 0 amide bonds. The largest absolute Gasteiger partial charge is 0.467 e. The van der Waals surface area contributed by atoms with Crippen LogP contribution in [0.2, 0.25) is 0 Å². The molecular formula is C14H24O3. The van der Waals surface area contributed by atoms with E-state index in [-0.39, 0.29) is 11.6 Å². The Bertz CT molecular complexity index is 321. The summed E-state index contributed by atoms with van der Waals surface area (Å²) >= 11 is 0. The highest BCUT2D eigenvalue weighted by Gasteiger charge is 2.72. The fraction of sp³-hybridized carbons (Fsp3) is 0.929. The smallest absolute Gasteiger partial charge is 0.340 e. The average Bonchev–Trinajstić information content (AvgIpc) is 2.83. The zero-order valence-corrected chi connectivity index (χ0v) is 11.6. The van der Waals surface area contributed by atoms with Crippen molar-refractivity contribution < 1.29 is 14.3 Å². The van der Waals surface area contributed by atoms with Crippen molar-refractivity contribution in [3.05, 3.63) is 0 Å². The second kappa shape index (κ2) is 3.71. The van der Waals surface area contributed by atoms with Crippen molar-refractivity contribution in [3.8, 4) is 0 Å². The van der Waals surface area contributed by atoms with Gasteiger partial charge in [0.25, 0.3) is 0 Å². The van der Waals surface area contributed by atoms with Gasteiger partial charge in [0.2, 0.25) is 0 Å². The Hall–Kier alpha value is -0.570. The van der Waals surface area contributed by atoms with Gasteiger partial charge in [-0.3, -0.25) is 0 Å². The lowest BCUT2D eigenvalue weighted by Gasteiger charge is -2.36. The predicted molar refractivity (Wildman–Crippen MR) is 65.7 cm³/mol. The SMILES string of the molecule is COC(=O)C1(C)OC12CCC(C(C)(C)C)CC2. The number of methoxy groups -OCH3 is 1. The summed E-state index contributed by atoms with van der Waals surface area (Å²) in [4.78, 5) is 11.7. The minimum absolute atomic E-state index is 0.216. The molecule has 17 heavy (non-hydrogen) atoms. The van der Waals surface area contributed by atoms with Crippen LogP contribution >= 0.6 is 0 Å². The van der Waals surface area contributed by atoms with Gasteiger partial charge in [-0.1, -0.05) is 20.8 Å². The molecule has 1 heterocycles. The minimum atomic E-state index is -0.676. The van der Waals surface area contributed by atoms with Crippen LogP contribution in [0.1, 0.15) is 53.4 Å². The Morgan fingerprint density at radius 1 is 1.29 bits per heavy atom. The highest BCUT2D eigenvalue weighted by molar-refractivity contribution is 5.84. The Labute approximate surface area is 104 Å². The molecule has 0 radical (unpaired) electrons. The van der Waals surface area contributed by atoms with Gasteiger partial charge in [-0.2, -0.15) is 0 Å². The zero-order valence-electron chi connectivity index (χ0n) is 11.6. The molecule has 0 aromatic rings. The number of hydrogen-bond acceptors (Lipinski definition) is 3. The van der Waals surface area contributed by atoms with Crippen LogP contribution in [0.15, 0.2) is 0 Å². The van der Waals surface area contributed by atoms with Gasteiger partial charge in [-0.25, -0.2) is 4.79 Å². The molecule has 0 bridgehead atoms. The molecular weight excluding hydrogens is 216 g/mol. The molecule has 2 aliphatic rings. The standard InChI is InChI=1S/C14H24O3/c1-12(2,3)10-6-8-14(9-7-10)13(4,17-14)11(15)16-5/h10H,6-9H2,1-5H3. The molecule has 1 aliphatic heterocycles. The van der Waals surface area contributed by atoms with Gasteiger partial charge >= 0.3 is 5.97 Å². The quantitative estimate of drug-likeness (QED) is 0.522. The van der Waals surface area contributed by atoms with E-state index in [4.69, 9.17) is 9.47 Å². The first-order valence-corrected chi connectivity index (χ1v) is 6.54. The fourth-order valence-corrected chi connectivity index (χ4v) is 3.32. The molecule has 0 aromatic carbocycles. The van der Waals surface area contributed by atoms with Crippen LogP contribution in [0.3, 0.4) is 0 Å². The number of epoxide rings is 1. The Kier molecular flexibility index (Phi) is 2.81. The van der Waals surface area contributed by atoms with Crippen LogP contribution in [-0.4, -0.2) is 24.3 Å². The summed E-state index contributed by atoms with van der Waals surface area (Å²) in [7, 11) is 1.43. The third kappa shape index (κ3) is 1.88. The number of ether oxygens (including phenoxy) is 2. The Balaban J connectivity index is 2.00. The number of carbonyl (C=O) groups excluding carboxylic acids is 1. The first-order valence-electron chi connectivity index (χ1n) is 6.54. The highest BCUT2D eigenvalue weighted by atomic mass is 16.7. The number of hydrogen-bond donors (Lipinski definition) is 0. The van der Waals surface area contributed by atoms with Crippen molar-refractivity contribution in [2.45, 2.75) is 64.6 Å². The van der Waals surface area contributed by atoms with E-state index in [0.717, 1.165) is 31.6 Å². The molecule has 1 saturated carbocycles. The normalized spacial score (nSPS) is 41.4. The second-order valence-electron chi connectivity index (χ2n) is 6.76. The molecule has 3 nitrogen and oxygen atoms in total. The lowest BCUT2D eigenvalue weighted by atomic mass is 9.67. The van der Waals surface area contributed by atoms with Crippen molar-refractivity contribution in [2.24, 2.45) is 11.3 Å². The minimum Gasteiger partial charge on any atom is -0.467 e. The first kappa shape index (κ1) is 12.9. The summed E-state index contributed by atoms with van der Waals surface area (Å²) in [5.74, 6) is 0.519. The monoisotopic (exact) mass is 240 g/mol. The number of esters is 1. The summed E-state index contributed by atoms with van der Waals surface area (Å²) in [5, 5.41) is 0. The second-order valence-corrected chi connectivity index (χ2v) is 6.76. The zero-order chi connectivity index (χ0) is 12.9. The van der Waals surface area contributed by atoms with Gasteiger partial charge in [0.15, 0.2) is 5.60 Å². The molecule has 1 atom stereocenters. The van der Waals surface area contributed by atoms with Gasteiger partial charge in [0.05, 0.1) is 7.11 Å². The van der Waals surface area contributed by atoms with E-state index in [1.165, 1.54) is 7.11 Å². The molecule has 1 aliphatic carbocycles. The topological polar surface area (TPSA) is 38.8 Å². The fourth-order valence-electron chi connectivity index (χ4n) is 3.32. The maximum Gasteiger partial charge on any atom is 0.340 e. The first-order chi connectivity index (χ1) is 7.75. The van der Waals surface area contributed by atoms with Crippen LogP contribution < -0.4 is 0 Å². The molecule has 1 saturated heterocycles. The van der Waals surface area contributed by atoms with Crippen LogP contribution in [0.5, 0.6) is 0 Å². The van der Waals surface area contributed by atoms with Crippen LogP contribution in [-0.2, 0) is 14.3 Å². The maximum absolute atomic E-state index is 11.7. The average molecular weight is 240 g/mol. The molecule has 1 unspecified atom stereocenters. The molecule has 98 valence electrons. The van der Waals surface area contributed by atoms with Crippen LogP contribution in [0.4, 0.5) is 0 Å². The third-order valence-corrected chi connectivity index (χ3v) is 4.82. The molecule has 3 heteroatoms. The molecule has 0 N–H and O–H groups in total. The summed E-state index contributed by atoms with van der Waals surface area (Å²) in [6, 6.07) is 0. The van der Waals surface area contributed by atoms with E-state index >= 15 is 0 Å². The van der Waals surface area contributed by atoms with E-state index in [1.807, 2.05) is 6.92 Å².